The normalized spacial score (nSPS) is 14.1. The molecule has 0 saturated heterocycles. The third-order valence-electron chi connectivity index (χ3n) is 6.17. The lowest BCUT2D eigenvalue weighted by Gasteiger charge is -2.33. The molecular formula is C29H44NO+. The smallest absolute Gasteiger partial charge is 0.0972 e. The van der Waals surface area contributed by atoms with E-state index in [2.05, 4.69) is 88.6 Å². The van der Waals surface area contributed by atoms with Crippen molar-refractivity contribution in [3.8, 4) is 0 Å². The lowest BCUT2D eigenvalue weighted by molar-refractivity contribution is -0.888. The molecule has 0 aliphatic rings. The average molecular weight is 423 g/mol. The van der Waals surface area contributed by atoms with Crippen LogP contribution < -0.4 is 0 Å². The molecule has 2 atom stereocenters. The molecule has 0 aromatic heterocycles. The first-order valence-electron chi connectivity index (χ1n) is 12.2. The molecule has 2 rings (SSSR count). The summed E-state index contributed by atoms with van der Waals surface area (Å²) in [6, 6.07) is 19.1. The lowest BCUT2D eigenvalue weighted by Crippen LogP contribution is -2.44. The van der Waals surface area contributed by atoms with Crippen molar-refractivity contribution >= 4 is 6.08 Å². The first kappa shape index (κ1) is 25.4. The average Bonchev–Trinajstić information content (AvgIpc) is 2.76. The van der Waals surface area contributed by atoms with Crippen LogP contribution in [-0.2, 0) is 6.42 Å². The molecule has 0 fully saturated rings. The summed E-state index contributed by atoms with van der Waals surface area (Å²) in [5.41, 5.74) is 3.66. The van der Waals surface area contributed by atoms with E-state index in [1.54, 1.807) is 0 Å². The maximum atomic E-state index is 10.9. The van der Waals surface area contributed by atoms with Crippen LogP contribution in [0.2, 0.25) is 0 Å². The van der Waals surface area contributed by atoms with E-state index in [-0.39, 0.29) is 5.92 Å². The van der Waals surface area contributed by atoms with Gasteiger partial charge in [0, 0.05) is 5.92 Å². The Morgan fingerprint density at radius 1 is 0.871 bits per heavy atom. The summed E-state index contributed by atoms with van der Waals surface area (Å²) >= 11 is 0. The third-order valence-corrected chi connectivity index (χ3v) is 6.17. The number of aliphatic hydroxyl groups excluding tert-OH is 1. The van der Waals surface area contributed by atoms with E-state index in [4.69, 9.17) is 0 Å². The molecule has 2 heteroatoms. The van der Waals surface area contributed by atoms with Crippen molar-refractivity contribution in [2.75, 3.05) is 27.2 Å². The van der Waals surface area contributed by atoms with Crippen LogP contribution in [0.4, 0.5) is 0 Å². The summed E-state index contributed by atoms with van der Waals surface area (Å²) in [5, 5.41) is 10.9. The first-order valence-corrected chi connectivity index (χ1v) is 12.2. The Labute approximate surface area is 191 Å². The Balaban J connectivity index is 1.79. The Morgan fingerprint density at radius 3 is 2.19 bits per heavy atom. The molecule has 2 aromatic rings. The fraction of sp³-hybridized carbons (Fsp3) is 0.517. The summed E-state index contributed by atoms with van der Waals surface area (Å²) < 4.78 is 0.859. The van der Waals surface area contributed by atoms with Gasteiger partial charge in [-0.05, 0) is 35.6 Å². The summed E-state index contributed by atoms with van der Waals surface area (Å²) in [6.07, 6.45) is 13.2. The van der Waals surface area contributed by atoms with Gasteiger partial charge in [-0.15, -0.1) is 0 Å². The molecule has 31 heavy (non-hydrogen) atoms. The minimum absolute atomic E-state index is 0.199. The van der Waals surface area contributed by atoms with Crippen LogP contribution in [0.3, 0.4) is 0 Å². The molecule has 170 valence electrons. The van der Waals surface area contributed by atoms with Gasteiger partial charge in [0.15, 0.2) is 0 Å². The second kappa shape index (κ2) is 13.5. The largest absolute Gasteiger partial charge is 0.388 e. The molecule has 2 nitrogen and oxygen atoms in total. The maximum Gasteiger partial charge on any atom is 0.0972 e. The van der Waals surface area contributed by atoms with Crippen molar-refractivity contribution in [3.63, 3.8) is 0 Å². The summed E-state index contributed by atoms with van der Waals surface area (Å²) in [7, 11) is 4.48. The number of hydrogen-bond acceptors (Lipinski definition) is 1. The first-order chi connectivity index (χ1) is 14.9. The van der Waals surface area contributed by atoms with Crippen LogP contribution >= 0.6 is 0 Å². The highest BCUT2D eigenvalue weighted by Gasteiger charge is 2.24. The summed E-state index contributed by atoms with van der Waals surface area (Å²) in [6.45, 7) is 6.30. The van der Waals surface area contributed by atoms with Crippen LogP contribution in [0.1, 0.15) is 75.2 Å². The van der Waals surface area contributed by atoms with E-state index in [0.29, 0.717) is 0 Å². The SMILES string of the molecule is CCCCCCCCc1ccc([C@@H](O)[C@@H](C)C[N+](C)(C)C/C=C\c2ccccc2)cc1. The zero-order valence-corrected chi connectivity index (χ0v) is 20.3. The lowest BCUT2D eigenvalue weighted by atomic mass is 9.94. The quantitative estimate of drug-likeness (QED) is 0.255. The highest BCUT2D eigenvalue weighted by Crippen LogP contribution is 2.25. The molecule has 0 aliphatic heterocycles. The predicted octanol–water partition coefficient (Wildman–Crippen LogP) is 7.05. The number of likely N-dealkylation sites (N-methyl/N-ethyl adjacent to an activating group) is 1. The summed E-state index contributed by atoms with van der Waals surface area (Å²) in [4.78, 5) is 0. The van der Waals surface area contributed by atoms with E-state index in [9.17, 15) is 5.11 Å². The molecule has 0 bridgehead atoms. The van der Waals surface area contributed by atoms with Gasteiger partial charge in [0.1, 0.15) is 0 Å². The van der Waals surface area contributed by atoms with Crippen molar-refractivity contribution in [1.29, 1.82) is 0 Å². The number of aryl methyl sites for hydroxylation is 1. The van der Waals surface area contributed by atoms with Crippen LogP contribution in [0.15, 0.2) is 60.7 Å². The molecule has 0 aliphatic carbocycles. The molecular weight excluding hydrogens is 378 g/mol. The molecule has 0 saturated carbocycles. The number of unbranched alkanes of at least 4 members (excludes halogenated alkanes) is 5. The highest BCUT2D eigenvalue weighted by atomic mass is 16.3. The van der Waals surface area contributed by atoms with Gasteiger partial charge in [0.2, 0.25) is 0 Å². The standard InChI is InChI=1S/C29H44NO/c1-5-6-7-8-9-11-17-27-19-21-28(22-20-27)29(31)25(2)24-30(3,4)23-14-18-26-15-12-10-13-16-26/h10,12-16,18-22,25,29,31H,5-9,11,17,23-24H2,1-4H3/q+1/b18-14-/t25-,29-/m0/s1. The fourth-order valence-electron chi connectivity index (χ4n) is 4.31. The van der Waals surface area contributed by atoms with E-state index < -0.39 is 6.10 Å². The Kier molecular flexibility index (Phi) is 11.0. The van der Waals surface area contributed by atoms with E-state index in [1.165, 1.54) is 49.7 Å². The number of rotatable bonds is 14. The second-order valence-corrected chi connectivity index (χ2v) is 9.80. The summed E-state index contributed by atoms with van der Waals surface area (Å²) in [5.74, 6) is 0.199. The monoisotopic (exact) mass is 422 g/mol. The second-order valence-electron chi connectivity index (χ2n) is 9.80. The molecule has 0 amide bonds. The van der Waals surface area contributed by atoms with E-state index >= 15 is 0 Å². The number of aliphatic hydroxyl groups is 1. The van der Waals surface area contributed by atoms with Crippen molar-refractivity contribution in [1.82, 2.24) is 0 Å². The Morgan fingerprint density at radius 2 is 1.52 bits per heavy atom. The van der Waals surface area contributed by atoms with E-state index in [0.717, 1.165) is 29.6 Å². The van der Waals surface area contributed by atoms with Gasteiger partial charge < -0.3 is 9.59 Å². The van der Waals surface area contributed by atoms with Crippen LogP contribution in [0.25, 0.3) is 6.08 Å². The molecule has 0 spiro atoms. The molecule has 2 aromatic carbocycles. The van der Waals surface area contributed by atoms with Crippen molar-refractivity contribution in [2.24, 2.45) is 5.92 Å². The van der Waals surface area contributed by atoms with Crippen molar-refractivity contribution in [3.05, 3.63) is 77.4 Å². The van der Waals surface area contributed by atoms with Crippen molar-refractivity contribution < 1.29 is 9.59 Å². The zero-order valence-electron chi connectivity index (χ0n) is 20.3. The van der Waals surface area contributed by atoms with E-state index in [1.807, 2.05) is 6.07 Å². The van der Waals surface area contributed by atoms with Crippen LogP contribution in [0, 0.1) is 5.92 Å². The number of nitrogens with zero attached hydrogens (tertiary/aromatic N) is 1. The van der Waals surface area contributed by atoms with Crippen LogP contribution in [-0.4, -0.2) is 36.8 Å². The molecule has 0 radical (unpaired) electrons. The van der Waals surface area contributed by atoms with Gasteiger partial charge in [-0.2, -0.15) is 0 Å². The number of quaternary nitrogens is 1. The minimum Gasteiger partial charge on any atom is -0.388 e. The molecule has 0 heterocycles. The van der Waals surface area contributed by atoms with Gasteiger partial charge in [-0.25, -0.2) is 0 Å². The molecule has 1 N–H and O–H groups in total. The number of hydrogen-bond donors (Lipinski definition) is 1. The van der Waals surface area contributed by atoms with Gasteiger partial charge in [-0.3, -0.25) is 0 Å². The minimum atomic E-state index is -0.418. The van der Waals surface area contributed by atoms with Crippen LogP contribution in [0.5, 0.6) is 0 Å². The molecule has 0 unspecified atom stereocenters. The van der Waals surface area contributed by atoms with Gasteiger partial charge in [-0.1, -0.05) is 107 Å². The number of benzene rings is 2. The van der Waals surface area contributed by atoms with Crippen molar-refractivity contribution in [2.45, 2.75) is 64.9 Å². The van der Waals surface area contributed by atoms with Gasteiger partial charge >= 0.3 is 0 Å². The van der Waals surface area contributed by atoms with Gasteiger partial charge in [0.05, 0.1) is 33.3 Å². The Hall–Kier alpha value is -1.90. The fourth-order valence-corrected chi connectivity index (χ4v) is 4.31. The predicted molar refractivity (Wildman–Crippen MR) is 135 cm³/mol. The zero-order chi connectivity index (χ0) is 22.5. The highest BCUT2D eigenvalue weighted by molar-refractivity contribution is 5.48. The maximum absolute atomic E-state index is 10.9. The topological polar surface area (TPSA) is 20.2 Å². The Bertz CT molecular complexity index is 748. The third kappa shape index (κ3) is 9.84. The van der Waals surface area contributed by atoms with Gasteiger partial charge in [0.25, 0.3) is 0 Å².